The Morgan fingerprint density at radius 3 is 1.47 bits per heavy atom. The van der Waals surface area contributed by atoms with Crippen molar-refractivity contribution in [2.75, 3.05) is 40.5 Å². The summed E-state index contributed by atoms with van der Waals surface area (Å²) in [6, 6.07) is 6.05. The minimum absolute atomic E-state index is 0.0878. The predicted octanol–water partition coefficient (Wildman–Crippen LogP) is 11.7. The van der Waals surface area contributed by atoms with Crippen LogP contribution in [0, 0.1) is 0 Å². The summed E-state index contributed by atoms with van der Waals surface area (Å²) >= 11 is 0. The van der Waals surface area contributed by atoms with Gasteiger partial charge in [0.15, 0.2) is 0 Å². The molecule has 0 aliphatic rings. The van der Waals surface area contributed by atoms with Gasteiger partial charge in [-0.05, 0) is 102 Å². The first kappa shape index (κ1) is 46.2. The molecule has 0 radical (unpaired) electrons. The van der Waals surface area contributed by atoms with E-state index in [4.69, 9.17) is 18.9 Å². The molecule has 1 aromatic carbocycles. The fourth-order valence-electron chi connectivity index (χ4n) is 5.69. The number of hydrogen-bond donors (Lipinski definition) is 0. The summed E-state index contributed by atoms with van der Waals surface area (Å²) in [5, 5.41) is 0. The minimum Gasteiger partial charge on any atom is -0.493 e. The van der Waals surface area contributed by atoms with Gasteiger partial charge in [0, 0.05) is 25.5 Å². The molecule has 0 aliphatic heterocycles. The van der Waals surface area contributed by atoms with Crippen molar-refractivity contribution < 1.29 is 28.5 Å². The smallest absolute Gasteiger partial charge is 0.305 e. The highest BCUT2D eigenvalue weighted by molar-refractivity contribution is 5.69. The van der Waals surface area contributed by atoms with Crippen LogP contribution in [-0.2, 0) is 25.6 Å². The number of carbonyl (C=O) groups is 2. The lowest BCUT2D eigenvalue weighted by atomic mass is 10.1. The topological polar surface area (TPSA) is 74.3 Å². The van der Waals surface area contributed by atoms with E-state index in [-0.39, 0.29) is 11.9 Å². The van der Waals surface area contributed by atoms with Gasteiger partial charge >= 0.3 is 11.9 Å². The molecule has 7 nitrogen and oxygen atoms in total. The van der Waals surface area contributed by atoms with Crippen molar-refractivity contribution in [3.05, 3.63) is 48.1 Å². The second kappa shape index (κ2) is 34.3. The predicted molar refractivity (Wildman–Crippen MR) is 213 cm³/mol. The molecule has 0 aliphatic carbocycles. The largest absolute Gasteiger partial charge is 0.493 e. The zero-order chi connectivity index (χ0) is 37.0. The second-order valence-corrected chi connectivity index (χ2v) is 14.1. The van der Waals surface area contributed by atoms with Crippen molar-refractivity contribution in [1.82, 2.24) is 4.90 Å². The van der Waals surface area contributed by atoms with E-state index in [0.29, 0.717) is 39.3 Å². The Balaban J connectivity index is 2.13. The lowest BCUT2D eigenvalue weighted by Gasteiger charge is -2.15. The molecule has 0 atom stereocenters. The Morgan fingerprint density at radius 1 is 0.529 bits per heavy atom. The van der Waals surface area contributed by atoms with Crippen LogP contribution in [0.1, 0.15) is 167 Å². The van der Waals surface area contributed by atoms with E-state index in [1.807, 2.05) is 20.2 Å². The first-order chi connectivity index (χ1) is 24.9. The van der Waals surface area contributed by atoms with Crippen LogP contribution in [0.5, 0.6) is 11.5 Å². The van der Waals surface area contributed by atoms with Gasteiger partial charge in [0.05, 0.1) is 26.4 Å². The molecule has 0 unspecified atom stereocenters. The van der Waals surface area contributed by atoms with Crippen molar-refractivity contribution >= 4 is 11.9 Å². The quantitative estimate of drug-likeness (QED) is 0.0394. The summed E-state index contributed by atoms with van der Waals surface area (Å²) in [5.41, 5.74) is 1.12. The Morgan fingerprint density at radius 2 is 0.961 bits per heavy atom. The van der Waals surface area contributed by atoms with Crippen molar-refractivity contribution in [2.45, 2.75) is 168 Å². The molecule has 1 rings (SSSR count). The molecular weight excluding hydrogens is 638 g/mol. The van der Waals surface area contributed by atoms with Crippen LogP contribution in [0.15, 0.2) is 42.5 Å². The number of unbranched alkanes of at least 4 members (excludes halogenated alkanes) is 15. The summed E-state index contributed by atoms with van der Waals surface area (Å²) in [7, 11) is 4.08. The van der Waals surface area contributed by atoms with E-state index < -0.39 is 0 Å². The molecule has 7 heteroatoms. The van der Waals surface area contributed by atoms with Gasteiger partial charge in [-0.25, -0.2) is 0 Å². The van der Waals surface area contributed by atoms with Crippen LogP contribution in [0.2, 0.25) is 0 Å². The van der Waals surface area contributed by atoms with Crippen LogP contribution in [0.25, 0.3) is 0 Å². The fourth-order valence-corrected chi connectivity index (χ4v) is 5.69. The zero-order valence-electron chi connectivity index (χ0n) is 33.2. The van der Waals surface area contributed by atoms with Gasteiger partial charge < -0.3 is 23.8 Å². The molecule has 0 N–H and O–H groups in total. The van der Waals surface area contributed by atoms with Gasteiger partial charge in [-0.15, -0.1) is 0 Å². The van der Waals surface area contributed by atoms with Crippen LogP contribution < -0.4 is 9.47 Å². The Hall–Kier alpha value is -2.80. The van der Waals surface area contributed by atoms with E-state index >= 15 is 0 Å². The molecule has 0 saturated carbocycles. The molecular formula is C44H75NO6. The van der Waals surface area contributed by atoms with Crippen LogP contribution in [0.4, 0.5) is 0 Å². The summed E-state index contributed by atoms with van der Waals surface area (Å²) in [6.07, 6.45) is 33.3. The first-order valence-corrected chi connectivity index (χ1v) is 20.6. The van der Waals surface area contributed by atoms with E-state index in [1.54, 1.807) is 0 Å². The van der Waals surface area contributed by atoms with Gasteiger partial charge in [0.25, 0.3) is 0 Å². The van der Waals surface area contributed by atoms with Gasteiger partial charge in [0.2, 0.25) is 0 Å². The number of nitrogens with zero attached hydrogens (tertiary/aromatic N) is 1. The van der Waals surface area contributed by atoms with Gasteiger partial charge in [-0.2, -0.15) is 0 Å². The van der Waals surface area contributed by atoms with Crippen LogP contribution >= 0.6 is 0 Å². The SMILES string of the molecule is CCCCC/C=C\C/C=C\CCCCCCCC(=O)OCCCCOc1cc(CN(C)C)cc(OCCCCOC(=O)CCCCCCCC)c1. The maximum atomic E-state index is 12.1. The third-order valence-corrected chi connectivity index (χ3v) is 8.65. The number of benzene rings is 1. The van der Waals surface area contributed by atoms with E-state index in [9.17, 15) is 9.59 Å². The third kappa shape index (κ3) is 30.5. The summed E-state index contributed by atoms with van der Waals surface area (Å²) < 4.78 is 23.0. The number of rotatable bonds is 35. The molecule has 0 saturated heterocycles. The van der Waals surface area contributed by atoms with Crippen molar-refractivity contribution in [3.63, 3.8) is 0 Å². The number of hydrogen-bond acceptors (Lipinski definition) is 7. The highest BCUT2D eigenvalue weighted by Gasteiger charge is 2.07. The number of allylic oxidation sites excluding steroid dienone is 4. The Labute approximate surface area is 312 Å². The monoisotopic (exact) mass is 714 g/mol. The summed E-state index contributed by atoms with van der Waals surface area (Å²) in [6.45, 7) is 7.23. The molecule has 0 heterocycles. The standard InChI is InChI=1S/C44H75NO6/c1-5-7-9-11-13-14-15-16-17-18-19-20-21-23-25-31-44(47)51-35-29-27-33-49-42-37-40(39-45(3)4)36-41(38-42)48-32-26-28-34-50-43(46)30-24-22-12-10-8-6-2/h13-14,16-17,36-38H,5-12,15,18-35,39H2,1-4H3/b14-13-,17-16-. The van der Waals surface area contributed by atoms with E-state index in [0.717, 1.165) is 87.8 Å². The highest BCUT2D eigenvalue weighted by Crippen LogP contribution is 2.24. The minimum atomic E-state index is -0.0916. The average Bonchev–Trinajstić information content (AvgIpc) is 3.10. The van der Waals surface area contributed by atoms with E-state index in [2.05, 4.69) is 55.2 Å². The summed E-state index contributed by atoms with van der Waals surface area (Å²) in [5.74, 6) is 1.39. The van der Waals surface area contributed by atoms with Crippen LogP contribution in [-0.4, -0.2) is 57.4 Å². The Bertz CT molecular complexity index is 1040. The molecule has 1 aromatic rings. The highest BCUT2D eigenvalue weighted by atomic mass is 16.5. The second-order valence-electron chi connectivity index (χ2n) is 14.1. The van der Waals surface area contributed by atoms with Gasteiger partial charge in [-0.3, -0.25) is 9.59 Å². The molecule has 0 aromatic heterocycles. The lowest BCUT2D eigenvalue weighted by molar-refractivity contribution is -0.144. The fraction of sp³-hybridized carbons (Fsp3) is 0.727. The third-order valence-electron chi connectivity index (χ3n) is 8.65. The molecule has 292 valence electrons. The molecule has 51 heavy (non-hydrogen) atoms. The average molecular weight is 714 g/mol. The lowest BCUT2D eigenvalue weighted by Crippen LogP contribution is -2.11. The molecule has 0 fully saturated rings. The van der Waals surface area contributed by atoms with Crippen molar-refractivity contribution in [2.24, 2.45) is 0 Å². The normalized spacial score (nSPS) is 11.5. The summed E-state index contributed by atoms with van der Waals surface area (Å²) in [4.78, 5) is 26.2. The van der Waals surface area contributed by atoms with Gasteiger partial charge in [0.1, 0.15) is 11.5 Å². The zero-order valence-corrected chi connectivity index (χ0v) is 33.2. The number of ether oxygens (including phenoxy) is 4. The number of esters is 2. The maximum absolute atomic E-state index is 12.1. The van der Waals surface area contributed by atoms with E-state index in [1.165, 1.54) is 70.6 Å². The number of carbonyl (C=O) groups excluding carboxylic acids is 2. The molecule has 0 bridgehead atoms. The van der Waals surface area contributed by atoms with Gasteiger partial charge in [-0.1, -0.05) is 102 Å². The molecule has 0 spiro atoms. The maximum Gasteiger partial charge on any atom is 0.305 e. The Kier molecular flexibility index (Phi) is 31.1. The van der Waals surface area contributed by atoms with Crippen LogP contribution in [0.3, 0.4) is 0 Å². The van der Waals surface area contributed by atoms with Crippen molar-refractivity contribution in [3.8, 4) is 11.5 Å². The first-order valence-electron chi connectivity index (χ1n) is 20.6. The molecule has 0 amide bonds. The van der Waals surface area contributed by atoms with Crippen molar-refractivity contribution in [1.29, 1.82) is 0 Å².